The number of halogens is 3. The zero-order valence-corrected chi connectivity index (χ0v) is 18.1. The average molecular weight is 474 g/mol. The van der Waals surface area contributed by atoms with E-state index in [4.69, 9.17) is 27.9 Å². The van der Waals surface area contributed by atoms with E-state index >= 15 is 0 Å². The third-order valence-electron chi connectivity index (χ3n) is 5.30. The smallest absolute Gasteiger partial charge is 0.323 e. The minimum atomic E-state index is -1.16. The van der Waals surface area contributed by atoms with Crippen LogP contribution < -0.4 is 0 Å². The maximum atomic E-state index is 13.5. The van der Waals surface area contributed by atoms with Crippen LogP contribution in [0.25, 0.3) is 0 Å². The number of nitrogens with zero attached hydrogens (tertiary/aromatic N) is 1. The first-order valence-electron chi connectivity index (χ1n) is 9.77. The molecule has 1 heterocycles. The predicted molar refractivity (Wildman–Crippen MR) is 118 cm³/mol. The molecular formula is C24H18Cl2FNO4. The SMILES string of the molecule is O=C(O)CN1C(=O)C(c2ccc(F)cc2)OC(c2ccc(Cl)cc2)C1c1ccc(Cl)cc1. The van der Waals surface area contributed by atoms with Crippen LogP contribution in [-0.2, 0) is 14.3 Å². The molecule has 0 bridgehead atoms. The van der Waals surface area contributed by atoms with E-state index in [9.17, 15) is 19.1 Å². The van der Waals surface area contributed by atoms with E-state index < -0.39 is 42.5 Å². The summed E-state index contributed by atoms with van der Waals surface area (Å²) in [5, 5.41) is 10.6. The number of hydrogen-bond donors (Lipinski definition) is 1. The fourth-order valence-electron chi connectivity index (χ4n) is 3.84. The van der Waals surface area contributed by atoms with Crippen molar-refractivity contribution in [3.05, 3.63) is 105 Å². The second-order valence-corrected chi connectivity index (χ2v) is 8.27. The van der Waals surface area contributed by atoms with Crippen molar-refractivity contribution in [1.82, 2.24) is 4.90 Å². The first kappa shape index (κ1) is 22.3. The van der Waals surface area contributed by atoms with Crippen molar-refractivity contribution in [3.8, 4) is 0 Å². The minimum absolute atomic E-state index is 0.431. The number of ether oxygens (including phenoxy) is 1. The van der Waals surface area contributed by atoms with Crippen LogP contribution in [0.5, 0.6) is 0 Å². The lowest BCUT2D eigenvalue weighted by atomic mass is 9.90. The van der Waals surface area contributed by atoms with Crippen LogP contribution in [-0.4, -0.2) is 28.4 Å². The molecule has 0 radical (unpaired) electrons. The van der Waals surface area contributed by atoms with Crippen molar-refractivity contribution in [2.75, 3.05) is 6.54 Å². The molecule has 8 heteroatoms. The lowest BCUT2D eigenvalue weighted by Crippen LogP contribution is -2.49. The monoisotopic (exact) mass is 473 g/mol. The molecule has 1 aliphatic rings. The molecule has 3 unspecified atom stereocenters. The van der Waals surface area contributed by atoms with E-state index in [-0.39, 0.29) is 0 Å². The Morgan fingerprint density at radius 1 is 0.875 bits per heavy atom. The zero-order valence-electron chi connectivity index (χ0n) is 16.6. The number of carbonyl (C=O) groups is 2. The Hall–Kier alpha value is -2.93. The van der Waals surface area contributed by atoms with Gasteiger partial charge in [0.15, 0.2) is 6.10 Å². The van der Waals surface area contributed by atoms with Crippen LogP contribution in [0, 0.1) is 5.82 Å². The molecule has 4 rings (SSSR count). The van der Waals surface area contributed by atoms with Gasteiger partial charge in [-0.15, -0.1) is 0 Å². The highest BCUT2D eigenvalue weighted by Crippen LogP contribution is 2.46. The lowest BCUT2D eigenvalue weighted by molar-refractivity contribution is -0.179. The first-order valence-corrected chi connectivity index (χ1v) is 10.5. The Morgan fingerprint density at radius 2 is 1.38 bits per heavy atom. The van der Waals surface area contributed by atoms with E-state index in [0.717, 1.165) is 0 Å². The summed E-state index contributed by atoms with van der Waals surface area (Å²) in [7, 11) is 0. The molecule has 164 valence electrons. The van der Waals surface area contributed by atoms with Crippen molar-refractivity contribution in [2.45, 2.75) is 18.2 Å². The molecule has 32 heavy (non-hydrogen) atoms. The molecule has 1 N–H and O–H groups in total. The van der Waals surface area contributed by atoms with E-state index in [1.807, 2.05) is 0 Å². The van der Waals surface area contributed by atoms with Gasteiger partial charge in [0.2, 0.25) is 0 Å². The van der Waals surface area contributed by atoms with Crippen molar-refractivity contribution in [3.63, 3.8) is 0 Å². The molecule has 3 aromatic rings. The van der Waals surface area contributed by atoms with Gasteiger partial charge in [0.05, 0.1) is 6.04 Å². The molecule has 1 aliphatic heterocycles. The average Bonchev–Trinajstić information content (AvgIpc) is 2.77. The largest absolute Gasteiger partial charge is 0.480 e. The van der Waals surface area contributed by atoms with Crippen LogP contribution >= 0.6 is 23.2 Å². The normalized spacial score (nSPS) is 20.9. The summed E-state index contributed by atoms with van der Waals surface area (Å²) in [5.74, 6) is -2.14. The summed E-state index contributed by atoms with van der Waals surface area (Å²) in [6.45, 7) is -0.530. The Labute approximate surface area is 193 Å². The summed E-state index contributed by atoms with van der Waals surface area (Å²) in [4.78, 5) is 26.4. The van der Waals surface area contributed by atoms with E-state index in [2.05, 4.69) is 0 Å². The first-order chi connectivity index (χ1) is 15.3. The summed E-state index contributed by atoms with van der Waals surface area (Å²) < 4.78 is 19.7. The van der Waals surface area contributed by atoms with Crippen molar-refractivity contribution >= 4 is 35.1 Å². The fourth-order valence-corrected chi connectivity index (χ4v) is 4.09. The maximum Gasteiger partial charge on any atom is 0.323 e. The molecule has 3 aromatic carbocycles. The Morgan fingerprint density at radius 3 is 1.91 bits per heavy atom. The molecule has 0 aliphatic carbocycles. The van der Waals surface area contributed by atoms with Crippen molar-refractivity contribution in [2.24, 2.45) is 0 Å². The highest BCUT2D eigenvalue weighted by molar-refractivity contribution is 6.30. The topological polar surface area (TPSA) is 66.8 Å². The number of rotatable bonds is 5. The Bertz CT molecular complexity index is 1120. The van der Waals surface area contributed by atoms with Crippen LogP contribution in [0.15, 0.2) is 72.8 Å². The molecule has 0 aromatic heterocycles. The fraction of sp³-hybridized carbons (Fsp3) is 0.167. The molecule has 3 atom stereocenters. The molecule has 0 spiro atoms. The zero-order chi connectivity index (χ0) is 22.8. The third-order valence-corrected chi connectivity index (χ3v) is 5.80. The van der Waals surface area contributed by atoms with E-state index in [0.29, 0.717) is 26.7 Å². The third kappa shape index (κ3) is 4.63. The number of benzene rings is 3. The van der Waals surface area contributed by atoms with Gasteiger partial charge in [-0.25, -0.2) is 4.39 Å². The second-order valence-electron chi connectivity index (χ2n) is 7.40. The minimum Gasteiger partial charge on any atom is -0.480 e. The van der Waals surface area contributed by atoms with Crippen LogP contribution in [0.2, 0.25) is 10.0 Å². The summed E-state index contributed by atoms with van der Waals surface area (Å²) in [6.07, 6.45) is -1.81. The summed E-state index contributed by atoms with van der Waals surface area (Å²) >= 11 is 12.1. The number of carboxylic acid groups (broad SMARTS) is 1. The van der Waals surface area contributed by atoms with Gasteiger partial charge in [-0.2, -0.15) is 0 Å². The standard InChI is InChI=1S/C24H18Cl2FNO4/c25-17-7-1-14(2-8-17)21-22(15-3-9-18(26)10-4-15)32-23(16-5-11-19(27)12-6-16)24(31)28(21)13-20(29)30/h1-12,21-23H,13H2,(H,29,30). The number of morpholine rings is 1. The van der Waals surface area contributed by atoms with Gasteiger partial charge in [0.1, 0.15) is 18.5 Å². The highest BCUT2D eigenvalue weighted by Gasteiger charge is 2.45. The van der Waals surface area contributed by atoms with Crippen LogP contribution in [0.3, 0.4) is 0 Å². The van der Waals surface area contributed by atoms with Crippen molar-refractivity contribution < 1.29 is 23.8 Å². The van der Waals surface area contributed by atoms with Crippen LogP contribution in [0.4, 0.5) is 4.39 Å². The van der Waals surface area contributed by atoms with Crippen LogP contribution in [0.1, 0.15) is 34.9 Å². The number of carbonyl (C=O) groups excluding carboxylic acids is 1. The second kappa shape index (κ2) is 9.28. The Balaban J connectivity index is 1.84. The highest BCUT2D eigenvalue weighted by atomic mass is 35.5. The predicted octanol–water partition coefficient (Wildman–Crippen LogP) is 5.60. The molecular weight excluding hydrogens is 456 g/mol. The van der Waals surface area contributed by atoms with Gasteiger partial charge in [-0.05, 0) is 53.1 Å². The molecule has 1 amide bonds. The van der Waals surface area contributed by atoms with Gasteiger partial charge in [0.25, 0.3) is 5.91 Å². The maximum absolute atomic E-state index is 13.5. The van der Waals surface area contributed by atoms with E-state index in [1.54, 1.807) is 48.5 Å². The van der Waals surface area contributed by atoms with Gasteiger partial charge in [-0.1, -0.05) is 59.6 Å². The van der Waals surface area contributed by atoms with Crippen molar-refractivity contribution in [1.29, 1.82) is 0 Å². The summed E-state index contributed by atoms with van der Waals surface area (Å²) in [6, 6.07) is 18.4. The van der Waals surface area contributed by atoms with Gasteiger partial charge in [0, 0.05) is 10.0 Å². The quantitative estimate of drug-likeness (QED) is 0.523. The van der Waals surface area contributed by atoms with Gasteiger partial charge >= 0.3 is 5.97 Å². The molecule has 1 saturated heterocycles. The van der Waals surface area contributed by atoms with Gasteiger partial charge < -0.3 is 14.7 Å². The number of hydrogen-bond acceptors (Lipinski definition) is 3. The molecule has 1 fully saturated rings. The molecule has 0 saturated carbocycles. The number of carboxylic acids is 1. The summed E-state index contributed by atoms with van der Waals surface area (Å²) in [5.41, 5.74) is 1.81. The number of aliphatic carboxylic acids is 1. The molecule has 5 nitrogen and oxygen atoms in total. The van der Waals surface area contributed by atoms with E-state index in [1.165, 1.54) is 29.2 Å². The lowest BCUT2D eigenvalue weighted by Gasteiger charge is -2.44. The Kier molecular flexibility index (Phi) is 6.46. The number of amides is 1. The van der Waals surface area contributed by atoms with Gasteiger partial charge in [-0.3, -0.25) is 9.59 Å².